The van der Waals surface area contributed by atoms with Crippen molar-refractivity contribution in [3.63, 3.8) is 0 Å². The van der Waals surface area contributed by atoms with Crippen LogP contribution >= 0.6 is 12.6 Å². The maximum absolute atomic E-state index is 11.8. The Morgan fingerprint density at radius 3 is 2.41 bits per heavy atom. The minimum atomic E-state index is -0.0529. The summed E-state index contributed by atoms with van der Waals surface area (Å²) in [6, 6.07) is 0. The van der Waals surface area contributed by atoms with Crippen LogP contribution in [0.25, 0.3) is 0 Å². The summed E-state index contributed by atoms with van der Waals surface area (Å²) in [5.74, 6) is 0.741. The predicted molar refractivity (Wildman–Crippen MR) is 69.3 cm³/mol. The Kier molecular flexibility index (Phi) is 4.03. The highest BCUT2D eigenvalue weighted by Crippen LogP contribution is 2.49. The van der Waals surface area contributed by atoms with Crippen LogP contribution in [-0.4, -0.2) is 30.0 Å². The van der Waals surface area contributed by atoms with E-state index in [1.165, 1.54) is 0 Å². The van der Waals surface area contributed by atoms with Gasteiger partial charge in [-0.15, -0.1) is 0 Å². The Morgan fingerprint density at radius 2 is 1.94 bits per heavy atom. The van der Waals surface area contributed by atoms with Crippen LogP contribution < -0.4 is 0 Å². The number of rotatable bonds is 4. The second kappa shape index (κ2) is 5.19. The average Bonchev–Trinajstić information content (AvgIpc) is 2.96. The van der Waals surface area contributed by atoms with Gasteiger partial charge in [-0.25, -0.2) is 0 Å². The van der Waals surface area contributed by atoms with Crippen molar-refractivity contribution in [3.05, 3.63) is 0 Å². The number of carbonyl (C=O) groups is 1. The van der Waals surface area contributed by atoms with Crippen LogP contribution in [0.1, 0.15) is 46.0 Å². The summed E-state index contributed by atoms with van der Waals surface area (Å²) in [5, 5.41) is 0. The van der Waals surface area contributed by atoms with Crippen molar-refractivity contribution in [3.8, 4) is 0 Å². The van der Waals surface area contributed by atoms with E-state index in [4.69, 9.17) is 9.47 Å². The Morgan fingerprint density at radius 1 is 1.35 bits per heavy atom. The summed E-state index contributed by atoms with van der Waals surface area (Å²) in [6.45, 7) is 4.07. The van der Waals surface area contributed by atoms with Gasteiger partial charge in [-0.1, -0.05) is 0 Å². The third kappa shape index (κ3) is 3.62. The van der Waals surface area contributed by atoms with Gasteiger partial charge in [0.25, 0.3) is 0 Å². The van der Waals surface area contributed by atoms with E-state index >= 15 is 0 Å². The van der Waals surface area contributed by atoms with E-state index in [0.29, 0.717) is 6.42 Å². The molecule has 0 aromatic heterocycles. The number of carbonyl (C=O) groups excluding carboxylic acids is 1. The van der Waals surface area contributed by atoms with Crippen LogP contribution in [0.5, 0.6) is 0 Å². The number of esters is 1. The number of hydrogen-bond donors (Lipinski definition) is 1. The highest BCUT2D eigenvalue weighted by molar-refractivity contribution is 7.80. The molecule has 0 bridgehead atoms. The summed E-state index contributed by atoms with van der Waals surface area (Å²) < 4.78 is 11.2. The highest BCUT2D eigenvalue weighted by atomic mass is 32.1. The standard InChI is InChI=1S/C13H22O3S/c1-9-5-11(6-10(2)15-9)16-12(14)7-13(8-17)3-4-13/h9-11,17H,3-8H2,1-2H3. The third-order valence-corrected chi connectivity index (χ3v) is 4.44. The zero-order chi connectivity index (χ0) is 12.5. The first kappa shape index (κ1) is 13.2. The second-order valence-corrected chi connectivity index (χ2v) is 5.99. The van der Waals surface area contributed by atoms with Gasteiger partial charge in [0.1, 0.15) is 6.10 Å². The molecule has 0 radical (unpaired) electrons. The molecule has 0 spiro atoms. The lowest BCUT2D eigenvalue weighted by molar-refractivity contribution is -0.160. The van der Waals surface area contributed by atoms with Crippen molar-refractivity contribution in [1.29, 1.82) is 0 Å². The highest BCUT2D eigenvalue weighted by Gasteiger charge is 2.44. The molecule has 1 saturated carbocycles. The lowest BCUT2D eigenvalue weighted by Gasteiger charge is -2.31. The maximum atomic E-state index is 11.8. The Hall–Kier alpha value is -0.220. The molecule has 0 aromatic carbocycles. The topological polar surface area (TPSA) is 35.5 Å². The Labute approximate surface area is 109 Å². The monoisotopic (exact) mass is 258 g/mol. The van der Waals surface area contributed by atoms with Crippen LogP contribution in [0.4, 0.5) is 0 Å². The largest absolute Gasteiger partial charge is 0.462 e. The molecule has 2 fully saturated rings. The first-order chi connectivity index (χ1) is 8.03. The van der Waals surface area contributed by atoms with Crippen molar-refractivity contribution < 1.29 is 14.3 Å². The van der Waals surface area contributed by atoms with Gasteiger partial charge in [0.2, 0.25) is 0 Å². The van der Waals surface area contributed by atoms with Gasteiger partial charge in [-0.2, -0.15) is 12.6 Å². The minimum absolute atomic E-state index is 0.0389. The molecule has 2 rings (SSSR count). The van der Waals surface area contributed by atoms with E-state index in [0.717, 1.165) is 31.4 Å². The molecule has 2 atom stereocenters. The summed E-state index contributed by atoms with van der Waals surface area (Å²) >= 11 is 4.31. The normalized spacial score (nSPS) is 35.4. The van der Waals surface area contributed by atoms with Gasteiger partial charge in [0.05, 0.1) is 18.6 Å². The fourth-order valence-electron chi connectivity index (χ4n) is 2.54. The van der Waals surface area contributed by atoms with E-state index in [1.807, 2.05) is 13.8 Å². The molecule has 1 aliphatic heterocycles. The van der Waals surface area contributed by atoms with E-state index in [1.54, 1.807) is 0 Å². The molecule has 1 heterocycles. The molecule has 1 aliphatic carbocycles. The smallest absolute Gasteiger partial charge is 0.306 e. The molecular formula is C13H22O3S. The average molecular weight is 258 g/mol. The SMILES string of the molecule is CC1CC(OC(=O)CC2(CS)CC2)CC(C)O1. The number of ether oxygens (including phenoxy) is 2. The van der Waals surface area contributed by atoms with Crippen LogP contribution in [0, 0.1) is 5.41 Å². The molecule has 4 heteroatoms. The fraction of sp³-hybridized carbons (Fsp3) is 0.923. The quantitative estimate of drug-likeness (QED) is 0.622. The van der Waals surface area contributed by atoms with E-state index in [-0.39, 0.29) is 29.7 Å². The predicted octanol–water partition coefficient (Wildman–Crippen LogP) is 2.59. The summed E-state index contributed by atoms with van der Waals surface area (Å²) in [6.07, 6.45) is 4.84. The maximum Gasteiger partial charge on any atom is 0.306 e. The van der Waals surface area contributed by atoms with E-state index in [9.17, 15) is 4.79 Å². The molecule has 1 saturated heterocycles. The molecule has 2 unspecified atom stereocenters. The van der Waals surface area contributed by atoms with Gasteiger partial charge >= 0.3 is 5.97 Å². The lowest BCUT2D eigenvalue weighted by Crippen LogP contribution is -2.35. The third-order valence-electron chi connectivity index (χ3n) is 3.76. The van der Waals surface area contributed by atoms with Gasteiger partial charge in [-0.3, -0.25) is 4.79 Å². The Balaban J connectivity index is 1.78. The second-order valence-electron chi connectivity index (χ2n) is 5.68. The fourth-order valence-corrected chi connectivity index (χ4v) is 2.97. The van der Waals surface area contributed by atoms with E-state index in [2.05, 4.69) is 12.6 Å². The zero-order valence-corrected chi connectivity index (χ0v) is 11.5. The zero-order valence-electron chi connectivity index (χ0n) is 10.6. The molecule has 98 valence electrons. The number of thiol groups is 1. The van der Waals surface area contributed by atoms with Gasteiger partial charge in [0.15, 0.2) is 0 Å². The van der Waals surface area contributed by atoms with Crippen molar-refractivity contribution in [2.45, 2.75) is 64.3 Å². The van der Waals surface area contributed by atoms with Crippen molar-refractivity contribution in [2.24, 2.45) is 5.41 Å². The molecule has 0 amide bonds. The molecule has 17 heavy (non-hydrogen) atoms. The molecule has 0 N–H and O–H groups in total. The van der Waals surface area contributed by atoms with Gasteiger partial charge < -0.3 is 9.47 Å². The van der Waals surface area contributed by atoms with E-state index < -0.39 is 0 Å². The molecule has 2 aliphatic rings. The first-order valence-corrected chi connectivity index (χ1v) is 7.12. The molecular weight excluding hydrogens is 236 g/mol. The molecule has 3 nitrogen and oxygen atoms in total. The van der Waals surface area contributed by atoms with Crippen LogP contribution in [0.3, 0.4) is 0 Å². The van der Waals surface area contributed by atoms with Crippen LogP contribution in [-0.2, 0) is 14.3 Å². The first-order valence-electron chi connectivity index (χ1n) is 6.49. The molecule has 0 aromatic rings. The summed E-state index contributed by atoms with van der Waals surface area (Å²) in [5.41, 5.74) is 0.155. The van der Waals surface area contributed by atoms with Gasteiger partial charge in [-0.05, 0) is 37.9 Å². The van der Waals surface area contributed by atoms with Crippen LogP contribution in [0.2, 0.25) is 0 Å². The van der Waals surface area contributed by atoms with Crippen molar-refractivity contribution in [2.75, 3.05) is 5.75 Å². The number of hydrogen-bond acceptors (Lipinski definition) is 4. The summed E-state index contributed by atoms with van der Waals surface area (Å²) in [4.78, 5) is 11.8. The van der Waals surface area contributed by atoms with Crippen LogP contribution in [0.15, 0.2) is 0 Å². The lowest BCUT2D eigenvalue weighted by atomic mass is 10.0. The Bertz CT molecular complexity index is 278. The summed E-state index contributed by atoms with van der Waals surface area (Å²) in [7, 11) is 0. The van der Waals surface area contributed by atoms with Gasteiger partial charge in [0, 0.05) is 12.8 Å². The minimum Gasteiger partial charge on any atom is -0.462 e. The van der Waals surface area contributed by atoms with Crippen molar-refractivity contribution >= 4 is 18.6 Å². The van der Waals surface area contributed by atoms with Crippen molar-refractivity contribution in [1.82, 2.24) is 0 Å².